The van der Waals surface area contributed by atoms with Crippen molar-refractivity contribution in [1.29, 1.82) is 0 Å². The highest BCUT2D eigenvalue weighted by Crippen LogP contribution is 2.32. The highest BCUT2D eigenvalue weighted by molar-refractivity contribution is 9.10. The highest BCUT2D eigenvalue weighted by atomic mass is 79.9. The number of rotatable bonds is 2. The van der Waals surface area contributed by atoms with E-state index in [1.54, 1.807) is 18.2 Å². The Kier molecular flexibility index (Phi) is 4.73. The van der Waals surface area contributed by atoms with Crippen LogP contribution in [0.1, 0.15) is 15.9 Å². The first-order valence-electron chi connectivity index (χ1n) is 5.64. The zero-order chi connectivity index (χ0) is 14.9. The SMILES string of the molecule is Cc1ccc(S)cc1C(=O)Nc1c(Cl)cc(F)cc1Br. The third kappa shape index (κ3) is 3.34. The van der Waals surface area contributed by atoms with Gasteiger partial charge in [0.05, 0.1) is 10.7 Å². The van der Waals surface area contributed by atoms with Crippen molar-refractivity contribution in [3.05, 3.63) is 56.8 Å². The van der Waals surface area contributed by atoms with Crippen molar-refractivity contribution in [2.24, 2.45) is 0 Å². The average Bonchev–Trinajstić information content (AvgIpc) is 2.36. The van der Waals surface area contributed by atoms with Crippen molar-refractivity contribution in [3.8, 4) is 0 Å². The molecule has 2 rings (SSSR count). The molecule has 6 heteroatoms. The Labute approximate surface area is 134 Å². The second-order valence-electron chi connectivity index (χ2n) is 4.20. The summed E-state index contributed by atoms with van der Waals surface area (Å²) in [4.78, 5) is 12.9. The molecule has 0 spiro atoms. The van der Waals surface area contributed by atoms with Crippen molar-refractivity contribution < 1.29 is 9.18 Å². The Morgan fingerprint density at radius 2 is 2.05 bits per heavy atom. The van der Waals surface area contributed by atoms with Gasteiger partial charge in [-0.1, -0.05) is 17.7 Å². The molecular formula is C14H10BrClFNOS. The topological polar surface area (TPSA) is 29.1 Å². The number of hydrogen-bond acceptors (Lipinski definition) is 2. The molecule has 104 valence electrons. The van der Waals surface area contributed by atoms with E-state index in [-0.39, 0.29) is 10.9 Å². The molecule has 0 radical (unpaired) electrons. The zero-order valence-corrected chi connectivity index (χ0v) is 13.6. The predicted octanol–water partition coefficient (Wildman–Crippen LogP) is 5.09. The largest absolute Gasteiger partial charge is 0.320 e. The summed E-state index contributed by atoms with van der Waals surface area (Å²) >= 11 is 13.3. The number of aryl methyl sites for hydroxylation is 1. The molecule has 0 aliphatic carbocycles. The van der Waals surface area contributed by atoms with Crippen LogP contribution < -0.4 is 5.32 Å². The molecule has 2 aromatic carbocycles. The summed E-state index contributed by atoms with van der Waals surface area (Å²) in [5, 5.41) is 2.80. The monoisotopic (exact) mass is 373 g/mol. The predicted molar refractivity (Wildman–Crippen MR) is 85.5 cm³/mol. The molecule has 0 atom stereocenters. The molecule has 0 bridgehead atoms. The molecule has 0 aliphatic heterocycles. The van der Waals surface area contributed by atoms with Gasteiger partial charge in [-0.2, -0.15) is 0 Å². The minimum absolute atomic E-state index is 0.130. The fourth-order valence-electron chi connectivity index (χ4n) is 1.70. The van der Waals surface area contributed by atoms with Gasteiger partial charge in [0.25, 0.3) is 5.91 Å². The highest BCUT2D eigenvalue weighted by Gasteiger charge is 2.14. The second-order valence-corrected chi connectivity index (χ2v) is 5.98. The molecule has 1 amide bonds. The summed E-state index contributed by atoms with van der Waals surface area (Å²) in [5.41, 5.74) is 1.64. The van der Waals surface area contributed by atoms with Crippen LogP contribution >= 0.6 is 40.2 Å². The number of thiol groups is 1. The van der Waals surface area contributed by atoms with E-state index in [9.17, 15) is 9.18 Å². The third-order valence-electron chi connectivity index (χ3n) is 2.71. The number of anilines is 1. The molecule has 0 fully saturated rings. The van der Waals surface area contributed by atoms with E-state index >= 15 is 0 Å². The maximum atomic E-state index is 13.1. The first-order valence-corrected chi connectivity index (χ1v) is 7.26. The van der Waals surface area contributed by atoms with Crippen molar-refractivity contribution in [2.45, 2.75) is 11.8 Å². The fraction of sp³-hybridized carbons (Fsp3) is 0.0714. The van der Waals surface area contributed by atoms with E-state index in [2.05, 4.69) is 33.9 Å². The maximum absolute atomic E-state index is 13.1. The van der Waals surface area contributed by atoms with Crippen molar-refractivity contribution >= 4 is 51.8 Å². The summed E-state index contributed by atoms with van der Waals surface area (Å²) in [5.74, 6) is -0.805. The van der Waals surface area contributed by atoms with Crippen LogP contribution in [-0.4, -0.2) is 5.91 Å². The molecule has 0 saturated heterocycles. The fourth-order valence-corrected chi connectivity index (χ4v) is 2.80. The van der Waals surface area contributed by atoms with Gasteiger partial charge in [0, 0.05) is 14.9 Å². The number of hydrogen-bond donors (Lipinski definition) is 2. The van der Waals surface area contributed by atoms with Crippen LogP contribution in [0, 0.1) is 12.7 Å². The second kappa shape index (κ2) is 6.16. The van der Waals surface area contributed by atoms with E-state index in [1.807, 2.05) is 6.92 Å². The Morgan fingerprint density at radius 3 is 2.70 bits per heavy atom. The first kappa shape index (κ1) is 15.4. The lowest BCUT2D eigenvalue weighted by Crippen LogP contribution is -2.14. The van der Waals surface area contributed by atoms with Crippen LogP contribution in [0.15, 0.2) is 39.7 Å². The summed E-state index contributed by atoms with van der Waals surface area (Å²) in [6.45, 7) is 1.82. The van der Waals surface area contributed by atoms with Gasteiger partial charge in [0.2, 0.25) is 0 Å². The summed E-state index contributed by atoms with van der Waals surface area (Å²) < 4.78 is 13.5. The van der Waals surface area contributed by atoms with Gasteiger partial charge < -0.3 is 5.32 Å². The number of nitrogens with one attached hydrogen (secondary N) is 1. The van der Waals surface area contributed by atoms with Crippen molar-refractivity contribution in [1.82, 2.24) is 0 Å². The zero-order valence-electron chi connectivity index (χ0n) is 10.4. The smallest absolute Gasteiger partial charge is 0.256 e. The molecule has 2 aromatic rings. The van der Waals surface area contributed by atoms with Crippen LogP contribution in [0.25, 0.3) is 0 Å². The minimum atomic E-state index is -0.478. The lowest BCUT2D eigenvalue weighted by molar-refractivity contribution is 0.102. The average molecular weight is 375 g/mol. The molecule has 0 heterocycles. The molecule has 20 heavy (non-hydrogen) atoms. The van der Waals surface area contributed by atoms with Gasteiger partial charge in [-0.15, -0.1) is 12.6 Å². The standard InChI is InChI=1S/C14H10BrClFNOS/c1-7-2-3-9(20)6-10(7)14(19)18-13-11(15)4-8(17)5-12(13)16/h2-6,20H,1H3,(H,18,19). The van der Waals surface area contributed by atoms with Crippen LogP contribution in [0.2, 0.25) is 5.02 Å². The van der Waals surface area contributed by atoms with E-state index < -0.39 is 5.82 Å². The maximum Gasteiger partial charge on any atom is 0.256 e. The van der Waals surface area contributed by atoms with Crippen molar-refractivity contribution in [3.63, 3.8) is 0 Å². The summed E-state index contributed by atoms with van der Waals surface area (Å²) in [6.07, 6.45) is 0. The molecule has 0 aromatic heterocycles. The van der Waals surface area contributed by atoms with Crippen LogP contribution in [0.4, 0.5) is 10.1 Å². The normalized spacial score (nSPS) is 10.4. The lowest BCUT2D eigenvalue weighted by Gasteiger charge is -2.11. The van der Waals surface area contributed by atoms with E-state index in [0.29, 0.717) is 20.6 Å². The van der Waals surface area contributed by atoms with Gasteiger partial charge in [-0.05, 0) is 52.7 Å². The number of halogens is 3. The Bertz CT molecular complexity index is 670. The Balaban J connectivity index is 2.35. The van der Waals surface area contributed by atoms with Gasteiger partial charge in [0.15, 0.2) is 0 Å². The molecule has 0 aliphatic rings. The van der Waals surface area contributed by atoms with Gasteiger partial charge in [-0.25, -0.2) is 4.39 Å². The first-order chi connectivity index (χ1) is 9.38. The number of carbonyl (C=O) groups excluding carboxylic acids is 1. The number of amides is 1. The van der Waals surface area contributed by atoms with E-state index in [1.165, 1.54) is 6.07 Å². The van der Waals surface area contributed by atoms with Crippen LogP contribution in [-0.2, 0) is 0 Å². The van der Waals surface area contributed by atoms with Gasteiger partial charge in [-0.3, -0.25) is 4.79 Å². The molecule has 0 saturated carbocycles. The van der Waals surface area contributed by atoms with Gasteiger partial charge >= 0.3 is 0 Å². The molecule has 1 N–H and O–H groups in total. The molecule has 0 unspecified atom stereocenters. The summed E-state index contributed by atoms with van der Waals surface area (Å²) in [6, 6.07) is 7.65. The van der Waals surface area contributed by atoms with E-state index in [4.69, 9.17) is 11.6 Å². The minimum Gasteiger partial charge on any atom is -0.320 e. The van der Waals surface area contributed by atoms with Crippen LogP contribution in [0.5, 0.6) is 0 Å². The third-order valence-corrected chi connectivity index (χ3v) is 3.91. The Hall–Kier alpha value is -1.04. The molecule has 2 nitrogen and oxygen atoms in total. The molecular weight excluding hydrogens is 365 g/mol. The Morgan fingerprint density at radius 1 is 1.35 bits per heavy atom. The van der Waals surface area contributed by atoms with Crippen molar-refractivity contribution in [2.75, 3.05) is 5.32 Å². The van der Waals surface area contributed by atoms with Crippen LogP contribution in [0.3, 0.4) is 0 Å². The van der Waals surface area contributed by atoms with Gasteiger partial charge in [0.1, 0.15) is 5.82 Å². The number of benzene rings is 2. The number of carbonyl (C=O) groups is 1. The lowest BCUT2D eigenvalue weighted by atomic mass is 10.1. The summed E-state index contributed by atoms with van der Waals surface area (Å²) in [7, 11) is 0. The van der Waals surface area contributed by atoms with E-state index in [0.717, 1.165) is 11.6 Å². The quantitative estimate of drug-likeness (QED) is 0.704.